The number of aliphatic carboxylic acids is 1. The van der Waals surface area contributed by atoms with E-state index in [0.717, 1.165) is 5.56 Å². The normalized spacial score (nSPS) is 24.1. The van der Waals surface area contributed by atoms with Gasteiger partial charge in [0.25, 0.3) is 0 Å². The second-order valence-corrected chi connectivity index (χ2v) is 6.19. The number of hydrogen-bond acceptors (Lipinski definition) is 3. The number of carboxylic acids is 1. The lowest BCUT2D eigenvalue weighted by atomic mass is 10.1. The Kier molecular flexibility index (Phi) is 4.32. The van der Waals surface area contributed by atoms with Gasteiger partial charge in [0.15, 0.2) is 0 Å². The van der Waals surface area contributed by atoms with E-state index in [0.29, 0.717) is 6.42 Å². The third-order valence-corrected chi connectivity index (χ3v) is 4.27. The van der Waals surface area contributed by atoms with Crippen molar-refractivity contribution in [2.45, 2.75) is 26.3 Å². The van der Waals surface area contributed by atoms with Crippen LogP contribution in [0, 0.1) is 17.3 Å². The van der Waals surface area contributed by atoms with E-state index >= 15 is 0 Å². The summed E-state index contributed by atoms with van der Waals surface area (Å²) in [5.74, 6) is -2.40. The van der Waals surface area contributed by atoms with Crippen molar-refractivity contribution in [3.63, 3.8) is 0 Å². The van der Waals surface area contributed by atoms with Gasteiger partial charge in [-0.2, -0.15) is 0 Å². The Bertz CT molecular complexity index is 526. The predicted octanol–water partition coefficient (Wildman–Crippen LogP) is 1.06. The molecule has 0 spiro atoms. The standard InChI is InChI=1S/C16H21NO4/c1-16(2)12(13(16)15(20)21)14(19)17-11(9-18)8-10-6-4-3-5-7-10/h3-7,11-13,18H,8-9H2,1-2H3,(H,17,19)(H,20,21). The average Bonchev–Trinajstić information content (AvgIpc) is 3.02. The molecule has 2 rings (SSSR count). The fourth-order valence-electron chi connectivity index (χ4n) is 2.94. The lowest BCUT2D eigenvalue weighted by molar-refractivity contribution is -0.140. The molecule has 5 heteroatoms. The third-order valence-electron chi connectivity index (χ3n) is 4.27. The second kappa shape index (κ2) is 5.85. The highest BCUT2D eigenvalue weighted by molar-refractivity contribution is 5.91. The van der Waals surface area contributed by atoms with Gasteiger partial charge in [0.2, 0.25) is 5.91 Å². The van der Waals surface area contributed by atoms with Crippen molar-refractivity contribution in [1.29, 1.82) is 0 Å². The maximum Gasteiger partial charge on any atom is 0.307 e. The van der Waals surface area contributed by atoms with E-state index in [1.807, 2.05) is 30.3 Å². The zero-order chi connectivity index (χ0) is 15.6. The van der Waals surface area contributed by atoms with Gasteiger partial charge in [0, 0.05) is 0 Å². The van der Waals surface area contributed by atoms with Crippen molar-refractivity contribution in [1.82, 2.24) is 5.32 Å². The minimum absolute atomic E-state index is 0.175. The van der Waals surface area contributed by atoms with Crippen molar-refractivity contribution in [2.24, 2.45) is 17.3 Å². The summed E-state index contributed by atoms with van der Waals surface area (Å²) < 4.78 is 0. The van der Waals surface area contributed by atoms with Gasteiger partial charge in [-0.1, -0.05) is 44.2 Å². The first-order valence-corrected chi connectivity index (χ1v) is 7.06. The Labute approximate surface area is 124 Å². The molecule has 1 amide bonds. The van der Waals surface area contributed by atoms with E-state index in [-0.39, 0.29) is 12.5 Å². The summed E-state index contributed by atoms with van der Waals surface area (Å²) in [6.45, 7) is 3.38. The molecule has 114 valence electrons. The van der Waals surface area contributed by atoms with E-state index in [9.17, 15) is 14.7 Å². The van der Waals surface area contributed by atoms with E-state index in [2.05, 4.69) is 5.32 Å². The number of amides is 1. The molecule has 0 saturated heterocycles. The molecule has 0 radical (unpaired) electrons. The topological polar surface area (TPSA) is 86.6 Å². The van der Waals surface area contributed by atoms with Crippen molar-refractivity contribution < 1.29 is 19.8 Å². The SMILES string of the molecule is CC1(C)C(C(=O)O)C1C(=O)NC(CO)Cc1ccccc1. The van der Waals surface area contributed by atoms with Crippen molar-refractivity contribution in [3.8, 4) is 0 Å². The van der Waals surface area contributed by atoms with Crippen molar-refractivity contribution >= 4 is 11.9 Å². The van der Waals surface area contributed by atoms with Gasteiger partial charge < -0.3 is 15.5 Å². The van der Waals surface area contributed by atoms with Crippen LogP contribution in [0.2, 0.25) is 0 Å². The number of carbonyl (C=O) groups excluding carboxylic acids is 1. The quantitative estimate of drug-likeness (QED) is 0.731. The van der Waals surface area contributed by atoms with Crippen molar-refractivity contribution in [3.05, 3.63) is 35.9 Å². The highest BCUT2D eigenvalue weighted by Crippen LogP contribution is 2.58. The molecule has 0 heterocycles. The van der Waals surface area contributed by atoms with Gasteiger partial charge in [-0.05, 0) is 17.4 Å². The monoisotopic (exact) mass is 291 g/mol. The molecular weight excluding hydrogens is 270 g/mol. The van der Waals surface area contributed by atoms with Crippen LogP contribution in [-0.4, -0.2) is 34.7 Å². The Hall–Kier alpha value is -1.88. The number of carboxylic acid groups (broad SMARTS) is 1. The number of aliphatic hydroxyl groups excluding tert-OH is 1. The molecule has 1 aliphatic carbocycles. The molecule has 1 aromatic rings. The minimum Gasteiger partial charge on any atom is -0.481 e. The summed E-state index contributed by atoms with van der Waals surface area (Å²) in [6.07, 6.45) is 0.522. The molecule has 0 aliphatic heterocycles. The van der Waals surface area contributed by atoms with E-state index in [1.54, 1.807) is 13.8 Å². The second-order valence-electron chi connectivity index (χ2n) is 6.19. The zero-order valence-corrected chi connectivity index (χ0v) is 12.2. The Morgan fingerprint density at radius 2 is 1.86 bits per heavy atom. The van der Waals surface area contributed by atoms with Crippen LogP contribution in [0.5, 0.6) is 0 Å². The highest BCUT2D eigenvalue weighted by atomic mass is 16.4. The number of rotatable bonds is 6. The third kappa shape index (κ3) is 3.24. The van der Waals surface area contributed by atoms with Gasteiger partial charge in [0.05, 0.1) is 24.5 Å². The van der Waals surface area contributed by atoms with Crippen LogP contribution in [0.3, 0.4) is 0 Å². The van der Waals surface area contributed by atoms with Crippen LogP contribution < -0.4 is 5.32 Å². The van der Waals surface area contributed by atoms with Crippen LogP contribution in [0.25, 0.3) is 0 Å². The molecule has 3 unspecified atom stereocenters. The van der Waals surface area contributed by atoms with Crippen LogP contribution in [0.4, 0.5) is 0 Å². The lowest BCUT2D eigenvalue weighted by Crippen LogP contribution is -2.40. The number of carbonyl (C=O) groups is 2. The average molecular weight is 291 g/mol. The van der Waals surface area contributed by atoms with E-state index < -0.39 is 29.3 Å². The molecule has 3 N–H and O–H groups in total. The molecule has 1 fully saturated rings. The van der Waals surface area contributed by atoms with Gasteiger partial charge >= 0.3 is 5.97 Å². The predicted molar refractivity (Wildman–Crippen MR) is 77.6 cm³/mol. The molecule has 21 heavy (non-hydrogen) atoms. The van der Waals surface area contributed by atoms with Crippen LogP contribution >= 0.6 is 0 Å². The van der Waals surface area contributed by atoms with Crippen LogP contribution in [0.15, 0.2) is 30.3 Å². The van der Waals surface area contributed by atoms with Crippen LogP contribution in [-0.2, 0) is 16.0 Å². The fraction of sp³-hybridized carbons (Fsp3) is 0.500. The Morgan fingerprint density at radius 3 is 2.33 bits per heavy atom. The maximum atomic E-state index is 12.2. The first-order valence-electron chi connectivity index (χ1n) is 7.06. The lowest BCUT2D eigenvalue weighted by Gasteiger charge is -2.17. The van der Waals surface area contributed by atoms with Gasteiger partial charge in [-0.3, -0.25) is 9.59 Å². The van der Waals surface area contributed by atoms with Crippen LogP contribution in [0.1, 0.15) is 19.4 Å². The molecule has 1 saturated carbocycles. The Balaban J connectivity index is 1.97. The number of benzene rings is 1. The fourth-order valence-corrected chi connectivity index (χ4v) is 2.94. The number of nitrogens with one attached hydrogen (secondary N) is 1. The van der Waals surface area contributed by atoms with Gasteiger partial charge in [0.1, 0.15) is 0 Å². The summed E-state index contributed by atoms with van der Waals surface area (Å²) in [5.41, 5.74) is 0.490. The first kappa shape index (κ1) is 15.5. The largest absolute Gasteiger partial charge is 0.481 e. The summed E-state index contributed by atoms with van der Waals surface area (Å²) in [4.78, 5) is 23.3. The first-order chi connectivity index (χ1) is 9.87. The minimum atomic E-state index is -0.941. The molecule has 1 aromatic carbocycles. The molecule has 3 atom stereocenters. The smallest absolute Gasteiger partial charge is 0.307 e. The zero-order valence-electron chi connectivity index (χ0n) is 12.2. The molecular formula is C16H21NO4. The summed E-state index contributed by atoms with van der Waals surface area (Å²) in [6, 6.07) is 9.16. The molecule has 5 nitrogen and oxygen atoms in total. The Morgan fingerprint density at radius 1 is 1.24 bits per heavy atom. The summed E-state index contributed by atoms with van der Waals surface area (Å²) in [7, 11) is 0. The van der Waals surface area contributed by atoms with E-state index in [4.69, 9.17) is 5.11 Å². The maximum absolute atomic E-state index is 12.2. The molecule has 0 aromatic heterocycles. The van der Waals surface area contributed by atoms with Gasteiger partial charge in [-0.15, -0.1) is 0 Å². The number of aliphatic hydroxyl groups is 1. The molecule has 0 bridgehead atoms. The van der Waals surface area contributed by atoms with Crippen molar-refractivity contribution in [2.75, 3.05) is 6.61 Å². The highest BCUT2D eigenvalue weighted by Gasteiger charge is 2.65. The van der Waals surface area contributed by atoms with E-state index in [1.165, 1.54) is 0 Å². The van der Waals surface area contributed by atoms with Gasteiger partial charge in [-0.25, -0.2) is 0 Å². The molecule has 1 aliphatic rings. The number of hydrogen-bond donors (Lipinski definition) is 3. The summed E-state index contributed by atoms with van der Waals surface area (Å²) >= 11 is 0. The summed E-state index contributed by atoms with van der Waals surface area (Å²) in [5, 5.41) is 21.3.